The van der Waals surface area contributed by atoms with E-state index in [1.807, 2.05) is 30.3 Å². The molecule has 0 saturated heterocycles. The number of nitrogens with zero attached hydrogens (tertiary/aromatic N) is 3. The number of benzene rings is 3. The first kappa shape index (κ1) is 17.1. The zero-order valence-corrected chi connectivity index (χ0v) is 15.1. The third kappa shape index (κ3) is 4.64. The number of rotatable bonds is 6. The van der Waals surface area contributed by atoms with Crippen LogP contribution in [-0.4, -0.2) is 15.2 Å². The van der Waals surface area contributed by atoms with Crippen molar-refractivity contribution in [3.63, 3.8) is 0 Å². The molecule has 0 radical (unpaired) electrons. The lowest BCUT2D eigenvalue weighted by atomic mass is 10.0. The molecule has 0 N–H and O–H groups in total. The van der Waals surface area contributed by atoms with Gasteiger partial charge in [0, 0.05) is 19.3 Å². The van der Waals surface area contributed by atoms with Gasteiger partial charge in [0.05, 0.1) is 11.4 Å². The van der Waals surface area contributed by atoms with E-state index in [1.54, 1.807) is 0 Å². The molecule has 4 rings (SSSR count). The molecular weight excluding hydrogens is 330 g/mol. The molecule has 0 atom stereocenters. The summed E-state index contributed by atoms with van der Waals surface area (Å²) in [5, 5.41) is 8.97. The maximum Gasteiger partial charge on any atom is 0.155 e. The van der Waals surface area contributed by atoms with E-state index in [2.05, 4.69) is 70.9 Å². The summed E-state index contributed by atoms with van der Waals surface area (Å²) in [4.78, 5) is 4.89. The Morgan fingerprint density at radius 1 is 0.444 bits per heavy atom. The molecule has 132 valence electrons. The molecule has 3 nitrogen and oxygen atoms in total. The van der Waals surface area contributed by atoms with Crippen LogP contribution in [0.3, 0.4) is 0 Å². The molecule has 0 aliphatic heterocycles. The van der Waals surface area contributed by atoms with Gasteiger partial charge in [-0.3, -0.25) is 0 Å². The van der Waals surface area contributed by atoms with Gasteiger partial charge < -0.3 is 0 Å². The van der Waals surface area contributed by atoms with Gasteiger partial charge in [0.15, 0.2) is 5.82 Å². The van der Waals surface area contributed by atoms with Gasteiger partial charge in [-0.25, -0.2) is 4.98 Å². The van der Waals surface area contributed by atoms with Crippen LogP contribution >= 0.6 is 0 Å². The van der Waals surface area contributed by atoms with E-state index in [1.165, 1.54) is 16.7 Å². The highest BCUT2D eigenvalue weighted by molar-refractivity contribution is 5.29. The fraction of sp³-hybridized carbons (Fsp3) is 0.125. The van der Waals surface area contributed by atoms with Crippen molar-refractivity contribution in [2.45, 2.75) is 19.3 Å². The zero-order chi connectivity index (χ0) is 18.3. The minimum absolute atomic E-state index is 0.696. The Hall–Kier alpha value is -3.33. The van der Waals surface area contributed by atoms with Gasteiger partial charge in [0.1, 0.15) is 0 Å². The van der Waals surface area contributed by atoms with Crippen molar-refractivity contribution in [3.05, 3.63) is 125 Å². The predicted octanol–water partition coefficient (Wildman–Crippen LogP) is 4.64. The van der Waals surface area contributed by atoms with Gasteiger partial charge >= 0.3 is 0 Å². The van der Waals surface area contributed by atoms with E-state index in [0.29, 0.717) is 6.42 Å². The Morgan fingerprint density at radius 2 is 0.889 bits per heavy atom. The van der Waals surface area contributed by atoms with Crippen LogP contribution in [0.15, 0.2) is 91.0 Å². The monoisotopic (exact) mass is 351 g/mol. The quantitative estimate of drug-likeness (QED) is 0.508. The van der Waals surface area contributed by atoms with Crippen LogP contribution < -0.4 is 0 Å². The van der Waals surface area contributed by atoms with Gasteiger partial charge in [-0.2, -0.15) is 5.10 Å². The minimum atomic E-state index is 0.696. The lowest BCUT2D eigenvalue weighted by Gasteiger charge is -2.10. The Balaban J connectivity index is 1.65. The van der Waals surface area contributed by atoms with Crippen molar-refractivity contribution in [2.24, 2.45) is 0 Å². The third-order valence-corrected chi connectivity index (χ3v) is 4.52. The minimum Gasteiger partial charge on any atom is -0.233 e. The summed E-state index contributed by atoms with van der Waals surface area (Å²) < 4.78 is 0. The molecule has 0 fully saturated rings. The molecule has 0 unspecified atom stereocenters. The molecule has 0 bridgehead atoms. The van der Waals surface area contributed by atoms with Gasteiger partial charge in [0.25, 0.3) is 0 Å². The third-order valence-electron chi connectivity index (χ3n) is 4.52. The Labute approximate surface area is 159 Å². The van der Waals surface area contributed by atoms with E-state index in [4.69, 9.17) is 4.98 Å². The molecule has 1 heterocycles. The standard InChI is InChI=1S/C24H21N3/c1-4-10-19(11-5-1)16-22-23(17-20-12-6-2-7-13-20)26-27-24(25-22)18-21-14-8-3-9-15-21/h1-15H,16-18H2. The second kappa shape index (κ2) is 8.37. The fourth-order valence-corrected chi connectivity index (χ4v) is 3.13. The van der Waals surface area contributed by atoms with Crippen molar-refractivity contribution in [3.8, 4) is 0 Å². The van der Waals surface area contributed by atoms with Crippen LogP contribution in [0.2, 0.25) is 0 Å². The molecule has 0 aliphatic carbocycles. The maximum atomic E-state index is 4.89. The second-order valence-electron chi connectivity index (χ2n) is 6.61. The van der Waals surface area contributed by atoms with Crippen molar-refractivity contribution in [1.29, 1.82) is 0 Å². The largest absolute Gasteiger partial charge is 0.233 e. The van der Waals surface area contributed by atoms with Crippen LogP contribution in [0.5, 0.6) is 0 Å². The summed E-state index contributed by atoms with van der Waals surface area (Å²) in [6.45, 7) is 0. The summed E-state index contributed by atoms with van der Waals surface area (Å²) in [6.07, 6.45) is 2.20. The number of hydrogen-bond acceptors (Lipinski definition) is 3. The van der Waals surface area contributed by atoms with Crippen LogP contribution in [0.1, 0.15) is 33.9 Å². The van der Waals surface area contributed by atoms with Crippen molar-refractivity contribution < 1.29 is 0 Å². The number of hydrogen-bond donors (Lipinski definition) is 0. The first-order valence-electron chi connectivity index (χ1n) is 9.20. The lowest BCUT2D eigenvalue weighted by Crippen LogP contribution is -2.10. The highest BCUT2D eigenvalue weighted by Crippen LogP contribution is 2.15. The van der Waals surface area contributed by atoms with Gasteiger partial charge in [-0.1, -0.05) is 91.0 Å². The normalized spacial score (nSPS) is 10.7. The molecule has 0 aliphatic rings. The Morgan fingerprint density at radius 3 is 1.41 bits per heavy atom. The summed E-state index contributed by atoms with van der Waals surface area (Å²) >= 11 is 0. The van der Waals surface area contributed by atoms with Crippen molar-refractivity contribution in [2.75, 3.05) is 0 Å². The second-order valence-corrected chi connectivity index (χ2v) is 6.61. The first-order chi connectivity index (χ1) is 13.4. The van der Waals surface area contributed by atoms with Crippen LogP contribution in [0.25, 0.3) is 0 Å². The molecule has 0 saturated carbocycles. The van der Waals surface area contributed by atoms with Gasteiger partial charge in [-0.15, -0.1) is 5.10 Å². The summed E-state index contributed by atoms with van der Waals surface area (Å²) in [6, 6.07) is 31.1. The highest BCUT2D eigenvalue weighted by atomic mass is 15.2. The van der Waals surface area contributed by atoms with E-state index in [0.717, 1.165) is 30.1 Å². The fourth-order valence-electron chi connectivity index (χ4n) is 3.13. The molecular formula is C24H21N3. The van der Waals surface area contributed by atoms with E-state index in [-0.39, 0.29) is 0 Å². The predicted molar refractivity (Wildman–Crippen MR) is 108 cm³/mol. The van der Waals surface area contributed by atoms with E-state index >= 15 is 0 Å². The Bertz CT molecular complexity index is 984. The lowest BCUT2D eigenvalue weighted by molar-refractivity contribution is 0.784. The maximum absolute atomic E-state index is 4.89. The SMILES string of the molecule is c1ccc(Cc2nnc(Cc3ccccc3)c(Cc3ccccc3)n2)cc1. The first-order valence-corrected chi connectivity index (χ1v) is 9.20. The summed E-state index contributed by atoms with van der Waals surface area (Å²) in [5.41, 5.74) is 5.60. The van der Waals surface area contributed by atoms with Crippen LogP contribution in [-0.2, 0) is 19.3 Å². The topological polar surface area (TPSA) is 38.7 Å². The van der Waals surface area contributed by atoms with E-state index in [9.17, 15) is 0 Å². The summed E-state index contributed by atoms with van der Waals surface area (Å²) in [5.74, 6) is 0.768. The molecule has 4 aromatic rings. The zero-order valence-electron chi connectivity index (χ0n) is 15.1. The highest BCUT2D eigenvalue weighted by Gasteiger charge is 2.11. The Kier molecular flexibility index (Phi) is 5.30. The van der Waals surface area contributed by atoms with Gasteiger partial charge in [0.2, 0.25) is 0 Å². The van der Waals surface area contributed by atoms with Crippen molar-refractivity contribution >= 4 is 0 Å². The molecule has 27 heavy (non-hydrogen) atoms. The molecule has 0 amide bonds. The van der Waals surface area contributed by atoms with Crippen LogP contribution in [0, 0.1) is 0 Å². The molecule has 0 spiro atoms. The van der Waals surface area contributed by atoms with Crippen LogP contribution in [0.4, 0.5) is 0 Å². The average Bonchev–Trinajstić information content (AvgIpc) is 2.72. The van der Waals surface area contributed by atoms with E-state index < -0.39 is 0 Å². The molecule has 1 aromatic heterocycles. The van der Waals surface area contributed by atoms with Gasteiger partial charge in [-0.05, 0) is 16.7 Å². The summed E-state index contributed by atoms with van der Waals surface area (Å²) in [7, 11) is 0. The molecule has 3 heteroatoms. The smallest absolute Gasteiger partial charge is 0.155 e. The average molecular weight is 351 g/mol. The molecule has 3 aromatic carbocycles. The van der Waals surface area contributed by atoms with Crippen molar-refractivity contribution in [1.82, 2.24) is 15.2 Å². The number of aromatic nitrogens is 3.